The van der Waals surface area contributed by atoms with Crippen LogP contribution in [0, 0.1) is 10.1 Å². The van der Waals surface area contributed by atoms with Gasteiger partial charge in [0, 0.05) is 6.92 Å². The van der Waals surface area contributed by atoms with Crippen LogP contribution in [0.1, 0.15) is 6.92 Å². The molecule has 1 radical (unpaired) electrons. The van der Waals surface area contributed by atoms with Crippen LogP contribution >= 0.6 is 0 Å². The number of hydrogen-bond acceptors (Lipinski definition) is 4. The Hall–Kier alpha value is -0.247. The molecule has 0 bridgehead atoms. The van der Waals surface area contributed by atoms with Crippen LogP contribution in [-0.4, -0.2) is 37.3 Å². The van der Waals surface area contributed by atoms with E-state index in [-0.39, 0.29) is 26.2 Å². The minimum absolute atomic E-state index is 0. The van der Waals surface area contributed by atoms with Crippen LogP contribution in [0.2, 0.25) is 0 Å². The van der Waals surface area contributed by atoms with E-state index in [0.29, 0.717) is 0 Å². The Morgan fingerprint density at radius 3 is 1.75 bits per heavy atom. The summed E-state index contributed by atoms with van der Waals surface area (Å²) in [7, 11) is 0. The van der Waals surface area contributed by atoms with E-state index in [1.807, 2.05) is 0 Å². The van der Waals surface area contributed by atoms with Crippen LogP contribution in [0.3, 0.4) is 0 Å². The molecule has 0 aromatic carbocycles. The van der Waals surface area contributed by atoms with Crippen molar-refractivity contribution in [2.75, 3.05) is 0 Å². The van der Waals surface area contributed by atoms with Crippen molar-refractivity contribution in [2.45, 2.75) is 6.92 Å². The predicted octanol–water partition coefficient (Wildman–Crippen LogP) is -0.575. The molecule has 0 heterocycles. The van der Waals surface area contributed by atoms with E-state index < -0.39 is 5.97 Å². The van der Waals surface area contributed by atoms with Crippen molar-refractivity contribution in [3.05, 3.63) is 10.1 Å². The van der Waals surface area contributed by atoms with Crippen molar-refractivity contribution in [3.8, 4) is 0 Å². The summed E-state index contributed by atoms with van der Waals surface area (Å²) in [6.45, 7) is 1.08. The number of nitrogens with zero attached hydrogens (tertiary/aromatic N) is 1. The summed E-state index contributed by atoms with van der Waals surface area (Å²) in [4.78, 5) is 17.0. The van der Waals surface area contributed by atoms with E-state index in [1.54, 1.807) is 0 Å². The number of aliphatic carboxylic acids is 1. The maximum absolute atomic E-state index is 9.00. The van der Waals surface area contributed by atoms with Crippen molar-refractivity contribution in [1.29, 1.82) is 0 Å². The Labute approximate surface area is 64.8 Å². The zero-order chi connectivity index (χ0) is 6.28. The Morgan fingerprint density at radius 1 is 1.75 bits per heavy atom. The molecule has 5 nitrogen and oxygen atoms in total. The van der Waals surface area contributed by atoms with E-state index in [2.05, 4.69) is 0 Å². The normalized spacial score (nSPS) is 4.62. The van der Waals surface area contributed by atoms with E-state index >= 15 is 0 Å². The van der Waals surface area contributed by atoms with Gasteiger partial charge in [-0.05, 0) is 0 Å². The average molecular weight is 317 g/mol. The summed E-state index contributed by atoms with van der Waals surface area (Å²) in [6.07, 6.45) is 0. The van der Waals surface area contributed by atoms with E-state index in [4.69, 9.17) is 20.0 Å². The summed E-state index contributed by atoms with van der Waals surface area (Å²) >= 11 is 0. The van der Waals surface area contributed by atoms with Gasteiger partial charge in [0.25, 0.3) is 5.97 Å². The van der Waals surface area contributed by atoms with Gasteiger partial charge in [0.05, 0.1) is 0 Å². The van der Waals surface area contributed by atoms with Gasteiger partial charge in [0.2, 0.25) is 0 Å². The Kier molecular flexibility index (Phi) is 31.0. The van der Waals surface area contributed by atoms with Crippen molar-refractivity contribution >= 4 is 32.2 Å². The molecule has 0 saturated heterocycles. The second-order valence-corrected chi connectivity index (χ2v) is 0.594. The molecule has 0 aliphatic heterocycles. The first-order valence-electron chi connectivity index (χ1n) is 1.29. The molecule has 0 aliphatic rings. The summed E-state index contributed by atoms with van der Waals surface area (Å²) < 4.78 is 0. The van der Waals surface area contributed by atoms with Gasteiger partial charge in [-0.2, -0.15) is 0 Å². The summed E-state index contributed by atoms with van der Waals surface area (Å²) in [5.41, 5.74) is 0. The molecule has 0 fully saturated rings. The number of hydrogen-bond donors (Lipinski definition) is 1. The summed E-state index contributed by atoms with van der Waals surface area (Å²) in [6, 6.07) is 0. The third kappa shape index (κ3) is 2130. The minimum atomic E-state index is -0.833. The van der Waals surface area contributed by atoms with Crippen LogP contribution in [-0.2, 0) is 4.79 Å². The fourth-order valence-corrected chi connectivity index (χ4v) is 0. The zero-order valence-corrected chi connectivity index (χ0v) is 8.69. The van der Waals surface area contributed by atoms with E-state index in [0.717, 1.165) is 12.3 Å². The van der Waals surface area contributed by atoms with Crippen molar-refractivity contribution < 1.29 is 9.90 Å². The Morgan fingerprint density at radius 2 is 1.75 bits per heavy atom. The monoisotopic (exact) mass is 317 g/mol. The quantitative estimate of drug-likeness (QED) is 0.368. The number of carboxylic acids is 1. The molecule has 8 heavy (non-hydrogen) atoms. The van der Waals surface area contributed by atoms with Crippen LogP contribution in [0.4, 0.5) is 0 Å². The van der Waals surface area contributed by atoms with Crippen molar-refractivity contribution in [2.24, 2.45) is 5.34 Å². The molecule has 0 saturated carbocycles. The number of carbonyl (C=O) groups is 1. The van der Waals surface area contributed by atoms with Gasteiger partial charge >= 0.3 is 26.2 Å². The number of carboxylic acid groups (broad SMARTS) is 1. The molecule has 0 aromatic heterocycles. The standard InChI is InChI=1S/C2H4O2.Bi.HNO2.2H/c1-2(3)4;;2-1-3;;/h1H3,(H,3,4);;(H,2,3);;/p-1. The fraction of sp³-hybridized carbons (Fsp3) is 0.500. The first-order valence-corrected chi connectivity index (χ1v) is 1.29. The SMILES string of the molecule is CC(=O)O.O=N[O-].[BiH2]. The third-order valence-electron chi connectivity index (χ3n) is 0. The van der Waals surface area contributed by atoms with Crippen molar-refractivity contribution in [1.82, 2.24) is 0 Å². The average Bonchev–Trinajstić information content (AvgIpc) is 1.33. The molecule has 0 unspecified atom stereocenters. The Balaban J connectivity index is -0.0000000575. The van der Waals surface area contributed by atoms with E-state index in [9.17, 15) is 0 Å². The molecule has 1 N–H and O–H groups in total. The van der Waals surface area contributed by atoms with Gasteiger partial charge in [-0.3, -0.25) is 4.79 Å². The Bertz CT molecular complexity index is 61.1. The van der Waals surface area contributed by atoms with Crippen LogP contribution < -0.4 is 0 Å². The molecule has 0 spiro atoms. The second kappa shape index (κ2) is 15.9. The molecule has 0 amide bonds. The van der Waals surface area contributed by atoms with Gasteiger partial charge < -0.3 is 15.2 Å². The van der Waals surface area contributed by atoms with Gasteiger partial charge in [0.1, 0.15) is 0 Å². The summed E-state index contributed by atoms with van der Waals surface area (Å²) in [5, 5.41) is 16.4. The predicted molar refractivity (Wildman–Crippen MR) is 31.0 cm³/mol. The molecule has 0 aliphatic carbocycles. The topological polar surface area (TPSA) is 89.8 Å². The van der Waals surface area contributed by atoms with Gasteiger partial charge in [0.15, 0.2) is 0 Å². The van der Waals surface area contributed by atoms with Gasteiger partial charge in [-0.15, -0.1) is 5.34 Å². The maximum atomic E-state index is 9.00. The zero-order valence-electron chi connectivity index (χ0n) is 4.20. The van der Waals surface area contributed by atoms with Crippen LogP contribution in [0.25, 0.3) is 0 Å². The molecule has 0 aromatic rings. The second-order valence-electron chi connectivity index (χ2n) is 0.594. The molecule has 49 valence electrons. The molecular formula is C2H6BiNO4-. The van der Waals surface area contributed by atoms with Gasteiger partial charge in [-0.25, -0.2) is 0 Å². The van der Waals surface area contributed by atoms with Crippen LogP contribution in [0.5, 0.6) is 0 Å². The number of rotatable bonds is 0. The molecular weight excluding hydrogens is 311 g/mol. The first kappa shape index (κ1) is 15.7. The third-order valence-corrected chi connectivity index (χ3v) is 0. The first-order chi connectivity index (χ1) is 3.15. The molecule has 0 atom stereocenters. The molecule has 6 heteroatoms. The van der Waals surface area contributed by atoms with Crippen LogP contribution in [0.15, 0.2) is 5.34 Å². The summed E-state index contributed by atoms with van der Waals surface area (Å²) in [5.74, 6) is -0.833. The fourth-order valence-electron chi connectivity index (χ4n) is 0. The van der Waals surface area contributed by atoms with E-state index in [1.165, 1.54) is 0 Å². The van der Waals surface area contributed by atoms with Crippen molar-refractivity contribution in [3.63, 3.8) is 0 Å². The van der Waals surface area contributed by atoms with Gasteiger partial charge in [-0.1, -0.05) is 0 Å². The molecule has 0 rings (SSSR count).